The highest BCUT2D eigenvalue weighted by Crippen LogP contribution is 2.35. The van der Waals surface area contributed by atoms with Crippen molar-refractivity contribution in [2.24, 2.45) is 11.5 Å². The molecule has 2 heterocycles. The second-order valence-electron chi connectivity index (χ2n) is 12.1. The van der Waals surface area contributed by atoms with Gasteiger partial charge in [0, 0.05) is 53.1 Å². The van der Waals surface area contributed by atoms with E-state index in [4.69, 9.17) is 45.2 Å². The van der Waals surface area contributed by atoms with E-state index in [2.05, 4.69) is 33.6 Å². The summed E-state index contributed by atoms with van der Waals surface area (Å²) >= 11 is 11.9. The summed E-state index contributed by atoms with van der Waals surface area (Å²) in [5, 5.41) is 26.9. The van der Waals surface area contributed by atoms with Crippen LogP contribution in [0.5, 0.6) is 0 Å². The third kappa shape index (κ3) is 20.3. The maximum atomic E-state index is 14.4. The molecule has 4 atom stereocenters. The SMILES string of the molecule is C=CC.CC.CC.CC.CC(/C=C\C(N)C1=C(c2cc(Cl)c(F)cc2F)NCC=C1)NC#N.CC/C=C(/C#N)NC(C)/C=C\C(N)c1cccnc1C1=C(F)CCC(Cl)=C1. The Hall–Kier alpha value is -5.04. The maximum absolute atomic E-state index is 14.4. The molecule has 4 unspecified atom stereocenters. The Morgan fingerprint density at radius 2 is 1.58 bits per heavy atom. The number of nitriles is 2. The van der Waals surface area contributed by atoms with Crippen LogP contribution in [0.4, 0.5) is 13.2 Å². The molecule has 1 aliphatic carbocycles. The summed E-state index contributed by atoms with van der Waals surface area (Å²) in [7, 11) is 0. The van der Waals surface area contributed by atoms with Crippen LogP contribution >= 0.6 is 23.2 Å². The van der Waals surface area contributed by atoms with Gasteiger partial charge in [-0.25, -0.2) is 13.2 Å². The summed E-state index contributed by atoms with van der Waals surface area (Å²) < 4.78 is 41.9. The smallest absolute Gasteiger partial charge is 0.177 e. The number of nitrogens with zero attached hydrogens (tertiary/aromatic N) is 3. The first-order valence-electron chi connectivity index (χ1n) is 20.3. The van der Waals surface area contributed by atoms with Gasteiger partial charge in [0.1, 0.15) is 29.2 Å². The zero-order valence-corrected chi connectivity index (χ0v) is 38.3. The molecule has 0 bridgehead atoms. The first-order chi connectivity index (χ1) is 28.8. The molecule has 1 aromatic carbocycles. The predicted molar refractivity (Wildman–Crippen MR) is 249 cm³/mol. The number of nitrogens with one attached hydrogen (secondary N) is 3. The van der Waals surface area contributed by atoms with Gasteiger partial charge in [0.2, 0.25) is 0 Å². The number of hydrogen-bond donors (Lipinski definition) is 5. The molecule has 0 amide bonds. The molecular formula is C47H65Cl2F3N8. The Labute approximate surface area is 368 Å². The number of halogens is 5. The standard InChI is InChI=1S/C21H24ClFN4.C17H17ClF2N4.C3H6.3C2H6/c1-3-5-16(13-24)27-14(2)7-10-20(25)17-6-4-11-26-21(17)18-12-15(22)8-9-19(18)23;1-10(24-9-21)4-5-16(22)11-3-2-6-23-17(11)12-7-13(18)15(20)8-14(12)19;1-3-2;3*1-2/h4-7,10-12,14,20,27H,3,8-9,25H2,1-2H3;2-5,7-8,10,16,23-24H,6,22H2,1H3;3H,1H2,2H3;3*1-2H3/b10-7-,16-5-;5-4-;;;;. The topological polar surface area (TPSA) is 149 Å². The highest BCUT2D eigenvalue weighted by molar-refractivity contribution is 6.31. The fourth-order valence-electron chi connectivity index (χ4n) is 5.12. The van der Waals surface area contributed by atoms with E-state index in [9.17, 15) is 13.2 Å². The van der Waals surface area contributed by atoms with Crippen molar-refractivity contribution >= 4 is 34.5 Å². The zero-order chi connectivity index (χ0) is 46.2. The third-order valence-corrected chi connectivity index (χ3v) is 8.26. The van der Waals surface area contributed by atoms with E-state index >= 15 is 0 Å². The molecule has 7 N–H and O–H groups in total. The molecule has 60 heavy (non-hydrogen) atoms. The van der Waals surface area contributed by atoms with Gasteiger partial charge in [0.05, 0.1) is 28.8 Å². The largest absolute Gasteiger partial charge is 0.381 e. The molecular weight excluding hydrogens is 804 g/mol. The van der Waals surface area contributed by atoms with Gasteiger partial charge in [-0.3, -0.25) is 4.98 Å². The minimum atomic E-state index is -0.813. The first kappa shape index (κ1) is 57.1. The number of nitrogens with two attached hydrogens (primary N) is 2. The van der Waals surface area contributed by atoms with E-state index in [0.29, 0.717) is 46.2 Å². The van der Waals surface area contributed by atoms with E-state index < -0.39 is 23.7 Å². The van der Waals surface area contributed by atoms with Crippen molar-refractivity contribution in [3.05, 3.63) is 147 Å². The van der Waals surface area contributed by atoms with Crippen LogP contribution in [-0.4, -0.2) is 29.7 Å². The van der Waals surface area contributed by atoms with Crippen LogP contribution < -0.4 is 27.4 Å². The number of aromatic nitrogens is 1. The molecule has 0 fully saturated rings. The van der Waals surface area contributed by atoms with E-state index in [1.165, 1.54) is 6.07 Å². The lowest BCUT2D eigenvalue weighted by molar-refractivity contribution is 0.580. The van der Waals surface area contributed by atoms with Gasteiger partial charge in [-0.15, -0.1) is 6.58 Å². The van der Waals surface area contributed by atoms with Crippen LogP contribution in [0.15, 0.2) is 114 Å². The van der Waals surface area contributed by atoms with Gasteiger partial charge in [-0.2, -0.15) is 10.5 Å². The van der Waals surface area contributed by atoms with Crippen molar-refractivity contribution < 1.29 is 13.2 Å². The molecule has 328 valence electrons. The number of allylic oxidation sites excluding steroid dienone is 7. The molecule has 8 nitrogen and oxygen atoms in total. The van der Waals surface area contributed by atoms with E-state index in [-0.39, 0.29) is 34.9 Å². The normalized spacial score (nSPS) is 15.1. The summed E-state index contributed by atoms with van der Waals surface area (Å²) in [4.78, 5) is 4.34. The highest BCUT2D eigenvalue weighted by atomic mass is 35.5. The van der Waals surface area contributed by atoms with Gasteiger partial charge in [-0.05, 0) is 63.0 Å². The molecule has 13 heteroatoms. The number of pyridine rings is 1. The molecule has 0 spiro atoms. The maximum Gasteiger partial charge on any atom is 0.177 e. The highest BCUT2D eigenvalue weighted by Gasteiger charge is 2.21. The fourth-order valence-corrected chi connectivity index (χ4v) is 5.49. The summed E-state index contributed by atoms with van der Waals surface area (Å²) in [5.74, 6) is -1.76. The van der Waals surface area contributed by atoms with Gasteiger partial charge >= 0.3 is 0 Å². The van der Waals surface area contributed by atoms with Crippen LogP contribution in [-0.2, 0) is 0 Å². The van der Waals surface area contributed by atoms with Crippen molar-refractivity contribution in [3.63, 3.8) is 0 Å². The summed E-state index contributed by atoms with van der Waals surface area (Å²) in [5.41, 5.74) is 15.9. The molecule has 4 rings (SSSR count). The van der Waals surface area contributed by atoms with Crippen LogP contribution in [0.2, 0.25) is 5.02 Å². The molecule has 0 radical (unpaired) electrons. The molecule has 0 saturated carbocycles. The summed E-state index contributed by atoms with van der Waals surface area (Å²) in [6.07, 6.45) is 21.0. The minimum absolute atomic E-state index is 0.0754. The van der Waals surface area contributed by atoms with Crippen molar-refractivity contribution in [3.8, 4) is 12.3 Å². The van der Waals surface area contributed by atoms with Gasteiger partial charge in [0.15, 0.2) is 6.19 Å². The molecule has 1 aliphatic heterocycles. The molecule has 2 aliphatic rings. The van der Waals surface area contributed by atoms with Crippen molar-refractivity contribution in [2.45, 2.75) is 113 Å². The van der Waals surface area contributed by atoms with Crippen LogP contribution in [0.3, 0.4) is 0 Å². The lowest BCUT2D eigenvalue weighted by Crippen LogP contribution is -2.28. The number of benzene rings is 1. The minimum Gasteiger partial charge on any atom is -0.381 e. The lowest BCUT2D eigenvalue weighted by atomic mass is 9.95. The third-order valence-electron chi connectivity index (χ3n) is 7.67. The average molecular weight is 870 g/mol. The lowest BCUT2D eigenvalue weighted by Gasteiger charge is -2.22. The van der Waals surface area contributed by atoms with Crippen LogP contribution in [0.25, 0.3) is 11.3 Å². The van der Waals surface area contributed by atoms with Crippen molar-refractivity contribution in [2.75, 3.05) is 6.54 Å². The van der Waals surface area contributed by atoms with E-state index in [1.54, 1.807) is 49.6 Å². The second-order valence-corrected chi connectivity index (χ2v) is 12.9. The van der Waals surface area contributed by atoms with Crippen LogP contribution in [0.1, 0.15) is 111 Å². The molecule has 0 saturated heterocycles. The van der Waals surface area contributed by atoms with Crippen LogP contribution in [0, 0.1) is 34.4 Å². The monoisotopic (exact) mass is 868 g/mol. The Morgan fingerprint density at radius 1 is 0.967 bits per heavy atom. The quantitative estimate of drug-likeness (QED) is 0.0465. The number of hydrogen-bond acceptors (Lipinski definition) is 8. The molecule has 1 aromatic heterocycles. The molecule has 2 aromatic rings. The van der Waals surface area contributed by atoms with Crippen molar-refractivity contribution in [1.29, 1.82) is 10.5 Å². The average Bonchev–Trinajstić information content (AvgIpc) is 3.26. The van der Waals surface area contributed by atoms with Gasteiger partial charge in [-0.1, -0.05) is 126 Å². The first-order valence-corrected chi connectivity index (χ1v) is 21.0. The Balaban J connectivity index is 0. The fraction of sp³-hybridized carbons (Fsp3) is 0.383. The number of rotatable bonds is 12. The Bertz CT molecular complexity index is 1900. The van der Waals surface area contributed by atoms with Gasteiger partial charge in [0.25, 0.3) is 0 Å². The van der Waals surface area contributed by atoms with E-state index in [1.807, 2.05) is 98.9 Å². The summed E-state index contributed by atoms with van der Waals surface area (Å²) in [6.45, 7) is 23.4. The zero-order valence-electron chi connectivity index (χ0n) is 36.8. The predicted octanol–water partition coefficient (Wildman–Crippen LogP) is 12.1. The van der Waals surface area contributed by atoms with E-state index in [0.717, 1.165) is 18.1 Å². The van der Waals surface area contributed by atoms with Gasteiger partial charge < -0.3 is 27.4 Å². The van der Waals surface area contributed by atoms with Crippen molar-refractivity contribution in [1.82, 2.24) is 20.9 Å². The number of dihydropyridines is 1. The summed E-state index contributed by atoms with van der Waals surface area (Å²) in [6, 6.07) is 6.48. The Morgan fingerprint density at radius 3 is 2.18 bits per heavy atom. The Kier molecular flexibility index (Phi) is 32.1. The second kappa shape index (κ2) is 33.8.